The van der Waals surface area contributed by atoms with Gasteiger partial charge in [0.2, 0.25) is 11.8 Å². The van der Waals surface area contributed by atoms with Crippen LogP contribution in [-0.2, 0) is 9.59 Å². The van der Waals surface area contributed by atoms with Crippen LogP contribution in [0.15, 0.2) is 0 Å². The lowest BCUT2D eigenvalue weighted by atomic mass is 10.1. The van der Waals surface area contributed by atoms with Crippen molar-refractivity contribution in [2.45, 2.75) is 45.2 Å². The summed E-state index contributed by atoms with van der Waals surface area (Å²) in [6.45, 7) is 5.08. The number of amides is 2. The zero-order valence-electron chi connectivity index (χ0n) is 10.0. The van der Waals surface area contributed by atoms with Gasteiger partial charge in [-0.25, -0.2) is 0 Å². The Morgan fingerprint density at radius 2 is 2.38 bits per heavy atom. The van der Waals surface area contributed by atoms with Gasteiger partial charge in [-0.1, -0.05) is 6.92 Å². The second-order valence-electron chi connectivity index (χ2n) is 4.24. The van der Waals surface area contributed by atoms with Crippen LogP contribution in [0, 0.1) is 0 Å². The normalized spacial score (nSPS) is 22.4. The van der Waals surface area contributed by atoms with E-state index in [1.165, 1.54) is 0 Å². The zero-order valence-corrected chi connectivity index (χ0v) is 10.0. The first-order valence-electron chi connectivity index (χ1n) is 5.94. The molecule has 1 heterocycles. The number of hydrogen-bond acceptors (Lipinski definition) is 3. The predicted molar refractivity (Wildman–Crippen MR) is 61.9 cm³/mol. The molecule has 0 aliphatic carbocycles. The molecule has 1 fully saturated rings. The van der Waals surface area contributed by atoms with Gasteiger partial charge in [-0.3, -0.25) is 9.59 Å². The van der Waals surface area contributed by atoms with Crippen LogP contribution >= 0.6 is 0 Å². The first-order valence-corrected chi connectivity index (χ1v) is 5.94. The molecule has 1 saturated heterocycles. The molecule has 0 aromatic rings. The maximum absolute atomic E-state index is 11.5. The topological polar surface area (TPSA) is 70.2 Å². The monoisotopic (exact) mass is 227 g/mol. The van der Waals surface area contributed by atoms with E-state index < -0.39 is 0 Å². The highest BCUT2D eigenvalue weighted by Gasteiger charge is 2.23. The molecule has 16 heavy (non-hydrogen) atoms. The van der Waals surface area contributed by atoms with Gasteiger partial charge in [0.05, 0.1) is 6.54 Å². The summed E-state index contributed by atoms with van der Waals surface area (Å²) in [6.07, 6.45) is 2.65. The fourth-order valence-electron chi connectivity index (χ4n) is 1.57. The van der Waals surface area contributed by atoms with Crippen molar-refractivity contribution in [3.05, 3.63) is 0 Å². The Bertz CT molecular complexity index is 256. The van der Waals surface area contributed by atoms with Crippen molar-refractivity contribution >= 4 is 11.8 Å². The molecular formula is C11H21N3O2. The van der Waals surface area contributed by atoms with Gasteiger partial charge in [0.1, 0.15) is 6.04 Å². The lowest BCUT2D eigenvalue weighted by Gasteiger charge is -2.23. The third-order valence-corrected chi connectivity index (χ3v) is 2.84. The van der Waals surface area contributed by atoms with E-state index in [2.05, 4.69) is 22.9 Å². The molecule has 2 amide bonds. The number of nitrogens with one attached hydrogen (secondary N) is 3. The summed E-state index contributed by atoms with van der Waals surface area (Å²) in [5, 5.41) is 8.57. The lowest BCUT2D eigenvalue weighted by Crippen LogP contribution is -2.52. The quantitative estimate of drug-likeness (QED) is 0.607. The van der Waals surface area contributed by atoms with Crippen molar-refractivity contribution in [1.82, 2.24) is 16.0 Å². The standard InChI is InChI=1S/C11H21N3O2/c1-3-8(2)13-7-10(15)14-9-5-4-6-12-11(9)16/h8-9,13H,3-7H2,1-2H3,(H,12,16)(H,14,15). The molecule has 92 valence electrons. The third kappa shape index (κ3) is 4.18. The van der Waals surface area contributed by atoms with Gasteiger partial charge < -0.3 is 16.0 Å². The first kappa shape index (κ1) is 13.0. The molecule has 5 heteroatoms. The van der Waals surface area contributed by atoms with Crippen LogP contribution in [-0.4, -0.2) is 37.0 Å². The maximum Gasteiger partial charge on any atom is 0.242 e. The lowest BCUT2D eigenvalue weighted by molar-refractivity contribution is -0.129. The second-order valence-corrected chi connectivity index (χ2v) is 4.24. The zero-order chi connectivity index (χ0) is 12.0. The second kappa shape index (κ2) is 6.48. The van der Waals surface area contributed by atoms with Crippen LogP contribution in [0.4, 0.5) is 0 Å². The first-order chi connectivity index (χ1) is 7.63. The van der Waals surface area contributed by atoms with Crippen molar-refractivity contribution in [3.8, 4) is 0 Å². The molecular weight excluding hydrogens is 206 g/mol. The Morgan fingerprint density at radius 3 is 3.00 bits per heavy atom. The fraction of sp³-hybridized carbons (Fsp3) is 0.818. The highest BCUT2D eigenvalue weighted by atomic mass is 16.2. The predicted octanol–water partition coefficient (Wildman–Crippen LogP) is -0.231. The van der Waals surface area contributed by atoms with Crippen molar-refractivity contribution in [2.24, 2.45) is 0 Å². The SMILES string of the molecule is CCC(C)NCC(=O)NC1CCCNC1=O. The van der Waals surface area contributed by atoms with Gasteiger partial charge in [-0.05, 0) is 26.2 Å². The minimum atomic E-state index is -0.347. The van der Waals surface area contributed by atoms with E-state index in [1.807, 2.05) is 6.92 Å². The average molecular weight is 227 g/mol. The molecule has 5 nitrogen and oxygen atoms in total. The molecule has 1 aliphatic heterocycles. The van der Waals surface area contributed by atoms with Crippen molar-refractivity contribution in [3.63, 3.8) is 0 Å². The minimum Gasteiger partial charge on any atom is -0.354 e. The van der Waals surface area contributed by atoms with E-state index in [9.17, 15) is 9.59 Å². The molecule has 2 unspecified atom stereocenters. The van der Waals surface area contributed by atoms with Crippen LogP contribution in [0.3, 0.4) is 0 Å². The largest absolute Gasteiger partial charge is 0.354 e. The number of carbonyl (C=O) groups excluding carboxylic acids is 2. The Morgan fingerprint density at radius 1 is 1.62 bits per heavy atom. The number of rotatable bonds is 5. The smallest absolute Gasteiger partial charge is 0.242 e. The molecule has 0 saturated carbocycles. The van der Waals surface area contributed by atoms with E-state index in [4.69, 9.17) is 0 Å². The van der Waals surface area contributed by atoms with Crippen molar-refractivity contribution in [2.75, 3.05) is 13.1 Å². The Kier molecular flexibility index (Phi) is 5.25. The van der Waals surface area contributed by atoms with E-state index >= 15 is 0 Å². The molecule has 0 spiro atoms. The molecule has 0 bridgehead atoms. The van der Waals surface area contributed by atoms with Crippen molar-refractivity contribution < 1.29 is 9.59 Å². The molecule has 2 atom stereocenters. The van der Waals surface area contributed by atoms with Crippen LogP contribution in [0.1, 0.15) is 33.1 Å². The number of piperidine rings is 1. The highest BCUT2D eigenvalue weighted by Crippen LogP contribution is 2.02. The summed E-state index contributed by atoms with van der Waals surface area (Å²) in [7, 11) is 0. The third-order valence-electron chi connectivity index (χ3n) is 2.84. The summed E-state index contributed by atoms with van der Waals surface area (Å²) in [4.78, 5) is 22.9. The number of carbonyl (C=O) groups is 2. The molecule has 0 aromatic carbocycles. The minimum absolute atomic E-state index is 0.0665. The van der Waals surface area contributed by atoms with E-state index in [0.29, 0.717) is 6.04 Å². The van der Waals surface area contributed by atoms with E-state index in [1.54, 1.807) is 0 Å². The van der Waals surface area contributed by atoms with E-state index in [0.717, 1.165) is 25.8 Å². The molecule has 1 rings (SSSR count). The van der Waals surface area contributed by atoms with Gasteiger partial charge in [0, 0.05) is 12.6 Å². The maximum atomic E-state index is 11.5. The molecule has 3 N–H and O–H groups in total. The van der Waals surface area contributed by atoms with Gasteiger partial charge in [0.15, 0.2) is 0 Å². The fourth-order valence-corrected chi connectivity index (χ4v) is 1.57. The van der Waals surface area contributed by atoms with Crippen LogP contribution in [0.5, 0.6) is 0 Å². The molecule has 0 aromatic heterocycles. The van der Waals surface area contributed by atoms with Crippen LogP contribution < -0.4 is 16.0 Å². The van der Waals surface area contributed by atoms with Crippen LogP contribution in [0.25, 0.3) is 0 Å². The van der Waals surface area contributed by atoms with Gasteiger partial charge >= 0.3 is 0 Å². The Hall–Kier alpha value is -1.10. The van der Waals surface area contributed by atoms with Crippen molar-refractivity contribution in [1.29, 1.82) is 0 Å². The molecule has 1 aliphatic rings. The van der Waals surface area contributed by atoms with Crippen LogP contribution in [0.2, 0.25) is 0 Å². The Labute approximate surface area is 96.4 Å². The van der Waals surface area contributed by atoms with E-state index in [-0.39, 0.29) is 24.4 Å². The van der Waals surface area contributed by atoms with Gasteiger partial charge in [0.25, 0.3) is 0 Å². The molecule has 0 radical (unpaired) electrons. The summed E-state index contributed by atoms with van der Waals surface area (Å²) in [5.74, 6) is -0.175. The number of hydrogen-bond donors (Lipinski definition) is 3. The average Bonchev–Trinajstić information content (AvgIpc) is 2.29. The highest BCUT2D eigenvalue weighted by molar-refractivity contribution is 5.88. The van der Waals surface area contributed by atoms with Gasteiger partial charge in [-0.2, -0.15) is 0 Å². The summed E-state index contributed by atoms with van der Waals surface area (Å²) < 4.78 is 0. The summed E-state index contributed by atoms with van der Waals surface area (Å²) >= 11 is 0. The van der Waals surface area contributed by atoms with Gasteiger partial charge in [-0.15, -0.1) is 0 Å². The summed E-state index contributed by atoms with van der Waals surface area (Å²) in [5.41, 5.74) is 0. The summed E-state index contributed by atoms with van der Waals surface area (Å²) in [6, 6.07) is -0.0223. The Balaban J connectivity index is 2.25.